The van der Waals surface area contributed by atoms with E-state index < -0.39 is 0 Å². The summed E-state index contributed by atoms with van der Waals surface area (Å²) in [6.07, 6.45) is 4.89. The van der Waals surface area contributed by atoms with Crippen LogP contribution in [0, 0.1) is 0 Å². The quantitative estimate of drug-likeness (QED) is 0.332. The van der Waals surface area contributed by atoms with E-state index in [-0.39, 0.29) is 11.9 Å². The van der Waals surface area contributed by atoms with Crippen LogP contribution in [-0.2, 0) is 19.1 Å². The second-order valence-corrected chi connectivity index (χ2v) is 6.41. The number of hydrogen-bond donors (Lipinski definition) is 0. The van der Waals surface area contributed by atoms with Crippen molar-refractivity contribution in [3.8, 4) is 0 Å². The highest BCUT2D eigenvalue weighted by molar-refractivity contribution is 8.76. The van der Waals surface area contributed by atoms with Gasteiger partial charge in [0.05, 0.1) is 14.2 Å². The zero-order chi connectivity index (χ0) is 13.6. The molecular formula is C12H22O4S2. The molecule has 0 unspecified atom stereocenters. The van der Waals surface area contributed by atoms with Crippen LogP contribution in [0.1, 0.15) is 38.5 Å². The van der Waals surface area contributed by atoms with Crippen LogP contribution in [-0.4, -0.2) is 37.7 Å². The summed E-state index contributed by atoms with van der Waals surface area (Å²) in [7, 11) is 6.49. The highest BCUT2D eigenvalue weighted by atomic mass is 33.1. The van der Waals surface area contributed by atoms with Gasteiger partial charge >= 0.3 is 11.9 Å². The first-order valence-corrected chi connectivity index (χ1v) is 8.57. The lowest BCUT2D eigenvalue weighted by atomic mass is 10.2. The molecule has 0 N–H and O–H groups in total. The third-order valence-corrected chi connectivity index (χ3v) is 4.83. The summed E-state index contributed by atoms with van der Waals surface area (Å²) >= 11 is 0. The molecule has 0 aromatic carbocycles. The molecule has 0 heterocycles. The molecule has 0 bridgehead atoms. The van der Waals surface area contributed by atoms with Crippen molar-refractivity contribution in [1.29, 1.82) is 0 Å². The number of carbonyl (C=O) groups is 2. The highest BCUT2D eigenvalue weighted by Gasteiger charge is 2.00. The molecule has 0 amide bonds. The van der Waals surface area contributed by atoms with Crippen LogP contribution in [0.25, 0.3) is 0 Å². The van der Waals surface area contributed by atoms with Gasteiger partial charge in [0.15, 0.2) is 0 Å². The Bertz CT molecular complexity index is 210. The molecule has 0 aliphatic rings. The predicted octanol–water partition coefficient (Wildman–Crippen LogP) is 3.05. The van der Waals surface area contributed by atoms with Crippen molar-refractivity contribution in [2.24, 2.45) is 0 Å². The van der Waals surface area contributed by atoms with Crippen molar-refractivity contribution < 1.29 is 19.1 Å². The maximum atomic E-state index is 10.8. The molecule has 0 saturated carbocycles. The molecule has 0 fully saturated rings. The van der Waals surface area contributed by atoms with E-state index in [9.17, 15) is 9.59 Å². The molecule has 106 valence electrons. The highest BCUT2D eigenvalue weighted by Crippen LogP contribution is 2.24. The Morgan fingerprint density at radius 1 is 0.778 bits per heavy atom. The maximum Gasteiger partial charge on any atom is 0.305 e. The summed E-state index contributed by atoms with van der Waals surface area (Å²) in [6.45, 7) is 0. The molecule has 0 aliphatic heterocycles. The molecule has 0 saturated heterocycles. The average molecular weight is 294 g/mol. The molecule has 0 spiro atoms. The molecule has 0 rings (SSSR count). The van der Waals surface area contributed by atoms with Gasteiger partial charge in [0.2, 0.25) is 0 Å². The number of hydrogen-bond acceptors (Lipinski definition) is 6. The standard InChI is InChI=1S/C12H22O4S2/c1-15-11(13)7-3-5-9-17-18-10-6-4-8-12(14)16-2/h3-10H2,1-2H3. The summed E-state index contributed by atoms with van der Waals surface area (Å²) in [5.74, 6) is 1.85. The summed E-state index contributed by atoms with van der Waals surface area (Å²) in [6, 6.07) is 0. The average Bonchev–Trinajstić information content (AvgIpc) is 2.40. The van der Waals surface area contributed by atoms with E-state index in [2.05, 4.69) is 9.47 Å². The zero-order valence-electron chi connectivity index (χ0n) is 11.1. The topological polar surface area (TPSA) is 52.6 Å². The lowest BCUT2D eigenvalue weighted by Crippen LogP contribution is -1.99. The zero-order valence-corrected chi connectivity index (χ0v) is 12.7. The van der Waals surface area contributed by atoms with Crippen LogP contribution in [0.15, 0.2) is 0 Å². The summed E-state index contributed by atoms with van der Waals surface area (Å²) in [4.78, 5) is 21.7. The Labute approximate surface area is 117 Å². The van der Waals surface area contributed by atoms with Gasteiger partial charge in [-0.05, 0) is 25.7 Å². The number of esters is 2. The maximum absolute atomic E-state index is 10.8. The minimum Gasteiger partial charge on any atom is -0.469 e. The van der Waals surface area contributed by atoms with Crippen molar-refractivity contribution in [3.05, 3.63) is 0 Å². The first-order valence-electron chi connectivity index (χ1n) is 6.08. The second-order valence-electron chi connectivity index (χ2n) is 3.71. The van der Waals surface area contributed by atoms with Gasteiger partial charge in [0.1, 0.15) is 0 Å². The van der Waals surface area contributed by atoms with E-state index in [1.165, 1.54) is 14.2 Å². The van der Waals surface area contributed by atoms with Crippen LogP contribution in [0.3, 0.4) is 0 Å². The summed E-state index contributed by atoms with van der Waals surface area (Å²) in [5.41, 5.74) is 0. The SMILES string of the molecule is COC(=O)CCCCSSCCCCC(=O)OC. The smallest absolute Gasteiger partial charge is 0.305 e. The van der Waals surface area contributed by atoms with Crippen molar-refractivity contribution in [2.75, 3.05) is 25.7 Å². The van der Waals surface area contributed by atoms with Crippen LogP contribution in [0.2, 0.25) is 0 Å². The summed E-state index contributed by atoms with van der Waals surface area (Å²) in [5, 5.41) is 0. The van der Waals surface area contributed by atoms with E-state index in [0.717, 1.165) is 37.2 Å². The fourth-order valence-electron chi connectivity index (χ4n) is 1.18. The number of unbranched alkanes of at least 4 members (excludes halogenated alkanes) is 2. The first-order chi connectivity index (χ1) is 8.70. The molecule has 0 aromatic rings. The number of carbonyl (C=O) groups excluding carboxylic acids is 2. The van der Waals surface area contributed by atoms with Gasteiger partial charge in [-0.25, -0.2) is 0 Å². The number of methoxy groups -OCH3 is 2. The Hall–Kier alpha value is -0.360. The lowest BCUT2D eigenvalue weighted by Gasteiger charge is -2.01. The van der Waals surface area contributed by atoms with E-state index in [0.29, 0.717) is 12.8 Å². The Morgan fingerprint density at radius 3 is 1.50 bits per heavy atom. The van der Waals surface area contributed by atoms with E-state index in [1.807, 2.05) is 21.6 Å². The molecule has 0 aromatic heterocycles. The third kappa shape index (κ3) is 12.1. The second kappa shape index (κ2) is 13.1. The van der Waals surface area contributed by atoms with Gasteiger partial charge in [-0.15, -0.1) is 0 Å². The van der Waals surface area contributed by atoms with Crippen LogP contribution in [0.4, 0.5) is 0 Å². The molecule has 4 nitrogen and oxygen atoms in total. The molecule has 6 heteroatoms. The van der Waals surface area contributed by atoms with Crippen LogP contribution in [0.5, 0.6) is 0 Å². The number of rotatable bonds is 11. The van der Waals surface area contributed by atoms with Gasteiger partial charge < -0.3 is 9.47 Å². The molecular weight excluding hydrogens is 272 g/mol. The largest absolute Gasteiger partial charge is 0.469 e. The van der Waals surface area contributed by atoms with E-state index >= 15 is 0 Å². The van der Waals surface area contributed by atoms with Crippen molar-refractivity contribution in [3.63, 3.8) is 0 Å². The van der Waals surface area contributed by atoms with Crippen LogP contribution >= 0.6 is 21.6 Å². The van der Waals surface area contributed by atoms with Gasteiger partial charge in [0.25, 0.3) is 0 Å². The fraction of sp³-hybridized carbons (Fsp3) is 0.833. The lowest BCUT2D eigenvalue weighted by molar-refractivity contribution is -0.141. The Kier molecular flexibility index (Phi) is 12.8. The third-order valence-electron chi connectivity index (χ3n) is 2.26. The van der Waals surface area contributed by atoms with Crippen LogP contribution < -0.4 is 0 Å². The monoisotopic (exact) mass is 294 g/mol. The van der Waals surface area contributed by atoms with E-state index in [4.69, 9.17) is 0 Å². The van der Waals surface area contributed by atoms with Crippen molar-refractivity contribution in [2.45, 2.75) is 38.5 Å². The normalized spacial score (nSPS) is 10.1. The Morgan fingerprint density at radius 2 is 1.17 bits per heavy atom. The van der Waals surface area contributed by atoms with Gasteiger partial charge in [-0.2, -0.15) is 0 Å². The van der Waals surface area contributed by atoms with Gasteiger partial charge in [0, 0.05) is 24.3 Å². The minimum absolute atomic E-state index is 0.129. The van der Waals surface area contributed by atoms with Crippen molar-refractivity contribution in [1.82, 2.24) is 0 Å². The first kappa shape index (κ1) is 17.6. The van der Waals surface area contributed by atoms with E-state index in [1.54, 1.807) is 0 Å². The Balaban J connectivity index is 3.07. The fourth-order valence-corrected chi connectivity index (χ4v) is 3.48. The molecule has 0 atom stereocenters. The predicted molar refractivity (Wildman–Crippen MR) is 76.7 cm³/mol. The summed E-state index contributed by atoms with van der Waals surface area (Å²) < 4.78 is 9.12. The van der Waals surface area contributed by atoms with Gasteiger partial charge in [-0.1, -0.05) is 21.6 Å². The van der Waals surface area contributed by atoms with Crippen molar-refractivity contribution >= 4 is 33.5 Å². The minimum atomic E-state index is -0.129. The number of ether oxygens (including phenoxy) is 2. The molecule has 18 heavy (non-hydrogen) atoms. The molecule has 0 radical (unpaired) electrons. The van der Waals surface area contributed by atoms with Gasteiger partial charge in [-0.3, -0.25) is 9.59 Å². The molecule has 0 aliphatic carbocycles.